The van der Waals surface area contributed by atoms with Gasteiger partial charge in [0.2, 0.25) is 0 Å². The molecule has 15 heteroatoms. The van der Waals surface area contributed by atoms with E-state index in [0.717, 1.165) is 34.8 Å². The third-order valence-electron chi connectivity index (χ3n) is 5.33. The lowest BCUT2D eigenvalue weighted by atomic mass is 9.97. The number of carbonyl (C=O) groups excluding carboxylic acids is 5. The monoisotopic (exact) mass is 536 g/mol. The minimum Gasteiger partial charge on any atom is -0.467 e. The van der Waals surface area contributed by atoms with Crippen LogP contribution in [0.3, 0.4) is 0 Å². The van der Waals surface area contributed by atoms with E-state index < -0.39 is 85.2 Å². The van der Waals surface area contributed by atoms with Crippen molar-refractivity contribution in [2.75, 3.05) is 27.9 Å². The number of ether oxygens (including phenoxy) is 10. The van der Waals surface area contributed by atoms with E-state index in [9.17, 15) is 24.0 Å². The van der Waals surface area contributed by atoms with Crippen LogP contribution in [0.25, 0.3) is 0 Å². The summed E-state index contributed by atoms with van der Waals surface area (Å²) in [6, 6.07) is 0. The largest absolute Gasteiger partial charge is 0.467 e. The minimum absolute atomic E-state index is 0.207. The number of carbonyl (C=O) groups is 5. The van der Waals surface area contributed by atoms with Gasteiger partial charge in [-0.25, -0.2) is 4.79 Å². The van der Waals surface area contributed by atoms with Gasteiger partial charge in [-0.2, -0.15) is 0 Å². The topological polar surface area (TPSA) is 178 Å². The third-order valence-corrected chi connectivity index (χ3v) is 5.33. The number of methoxy groups -OCH3 is 3. The fourth-order valence-corrected chi connectivity index (χ4v) is 4.02. The van der Waals surface area contributed by atoms with Gasteiger partial charge in [-0.15, -0.1) is 0 Å². The van der Waals surface area contributed by atoms with Gasteiger partial charge in [0.25, 0.3) is 0 Å². The van der Waals surface area contributed by atoms with Gasteiger partial charge in [0.1, 0.15) is 6.10 Å². The van der Waals surface area contributed by atoms with Crippen LogP contribution in [-0.4, -0.2) is 113 Å². The van der Waals surface area contributed by atoms with Crippen molar-refractivity contribution in [3.8, 4) is 0 Å². The van der Waals surface area contributed by atoms with Crippen molar-refractivity contribution in [2.24, 2.45) is 0 Å². The fraction of sp³-hybridized carbons (Fsp3) is 0.773. The van der Waals surface area contributed by atoms with Gasteiger partial charge in [0, 0.05) is 41.9 Å². The summed E-state index contributed by atoms with van der Waals surface area (Å²) in [7, 11) is 3.61. The van der Waals surface area contributed by atoms with E-state index in [2.05, 4.69) is 0 Å². The van der Waals surface area contributed by atoms with E-state index in [-0.39, 0.29) is 6.61 Å². The molecule has 5 unspecified atom stereocenters. The second-order valence-electron chi connectivity index (χ2n) is 8.06. The minimum atomic E-state index is -1.64. The first-order valence-electron chi connectivity index (χ1n) is 11.2. The summed E-state index contributed by atoms with van der Waals surface area (Å²) < 4.78 is 54.1. The molecule has 2 aliphatic heterocycles. The van der Waals surface area contributed by atoms with Crippen molar-refractivity contribution in [1.82, 2.24) is 0 Å². The molecule has 15 nitrogen and oxygen atoms in total. The molecule has 0 aromatic rings. The predicted octanol–water partition coefficient (Wildman–Crippen LogP) is -0.986. The maximum atomic E-state index is 12.5. The van der Waals surface area contributed by atoms with E-state index in [0.29, 0.717) is 0 Å². The van der Waals surface area contributed by atoms with Crippen LogP contribution >= 0.6 is 0 Å². The third kappa shape index (κ3) is 7.82. The molecule has 0 bridgehead atoms. The van der Waals surface area contributed by atoms with Crippen molar-refractivity contribution in [3.63, 3.8) is 0 Å². The first kappa shape index (κ1) is 30.4. The van der Waals surface area contributed by atoms with E-state index in [1.54, 1.807) is 0 Å². The van der Waals surface area contributed by atoms with Crippen LogP contribution in [0.5, 0.6) is 0 Å². The molecule has 2 rings (SSSR count). The second-order valence-corrected chi connectivity index (χ2v) is 8.06. The van der Waals surface area contributed by atoms with E-state index in [1.165, 1.54) is 14.2 Å². The zero-order valence-electron chi connectivity index (χ0n) is 21.5. The average molecular weight is 536 g/mol. The predicted molar refractivity (Wildman–Crippen MR) is 115 cm³/mol. The molecular weight excluding hydrogens is 504 g/mol. The van der Waals surface area contributed by atoms with Gasteiger partial charge in [0.15, 0.2) is 49.2 Å². The molecule has 0 spiro atoms. The Morgan fingerprint density at radius 1 is 0.622 bits per heavy atom. The van der Waals surface area contributed by atoms with Crippen LogP contribution in [0.15, 0.2) is 0 Å². The average Bonchev–Trinajstić information content (AvgIpc) is 2.81. The van der Waals surface area contributed by atoms with Crippen molar-refractivity contribution in [1.29, 1.82) is 0 Å². The smallest absolute Gasteiger partial charge is 0.338 e. The summed E-state index contributed by atoms with van der Waals surface area (Å²) in [5, 5.41) is 0. The van der Waals surface area contributed by atoms with Gasteiger partial charge in [-0.05, 0) is 0 Å². The van der Waals surface area contributed by atoms with Crippen LogP contribution in [0.2, 0.25) is 0 Å². The van der Waals surface area contributed by atoms with Crippen molar-refractivity contribution in [3.05, 3.63) is 0 Å². The molecule has 0 N–H and O–H groups in total. The zero-order chi connectivity index (χ0) is 27.9. The highest BCUT2D eigenvalue weighted by atomic mass is 16.8. The molecule has 0 aromatic heterocycles. The molecule has 0 radical (unpaired) electrons. The standard InChI is InChI=1S/C22H32O15/c1-9(23)32-13-8-31-21(30-7)18(14(13)33-10(2)24)37-22-19(35-12(4)26)16(34-11(3)25)15(28-5)17(36-22)20(27)29-6/h13-19,21-22H,8H2,1-7H3/t13-,14+,15?,16?,17?,18+,19?,21+,22?/m1/s1. The summed E-state index contributed by atoms with van der Waals surface area (Å²) in [6.07, 6.45) is -12.2. The van der Waals surface area contributed by atoms with Crippen LogP contribution in [-0.2, 0) is 71.3 Å². The molecule has 2 aliphatic rings. The molecule has 2 heterocycles. The molecular formula is C22H32O15. The van der Waals surface area contributed by atoms with Crippen LogP contribution in [0.4, 0.5) is 0 Å². The van der Waals surface area contributed by atoms with Crippen molar-refractivity contribution < 1.29 is 71.3 Å². The number of rotatable bonds is 9. The molecule has 0 aliphatic carbocycles. The van der Waals surface area contributed by atoms with Crippen LogP contribution < -0.4 is 0 Å². The first-order valence-corrected chi connectivity index (χ1v) is 11.2. The van der Waals surface area contributed by atoms with Gasteiger partial charge < -0.3 is 47.4 Å². The Morgan fingerprint density at radius 2 is 1.16 bits per heavy atom. The molecule has 0 saturated carbocycles. The molecule has 9 atom stereocenters. The Bertz CT molecular complexity index is 844. The highest BCUT2D eigenvalue weighted by Crippen LogP contribution is 2.33. The lowest BCUT2D eigenvalue weighted by Crippen LogP contribution is -2.66. The van der Waals surface area contributed by atoms with E-state index >= 15 is 0 Å². The highest BCUT2D eigenvalue weighted by molar-refractivity contribution is 5.76. The fourth-order valence-electron chi connectivity index (χ4n) is 4.02. The Labute approximate surface area is 212 Å². The molecule has 2 saturated heterocycles. The number of hydrogen-bond acceptors (Lipinski definition) is 15. The zero-order valence-corrected chi connectivity index (χ0v) is 21.5. The number of hydrogen-bond donors (Lipinski definition) is 0. The Morgan fingerprint density at radius 3 is 1.65 bits per heavy atom. The molecule has 2 fully saturated rings. The summed E-state index contributed by atoms with van der Waals surface area (Å²) in [6.45, 7) is 4.27. The maximum absolute atomic E-state index is 12.5. The van der Waals surface area contributed by atoms with E-state index in [4.69, 9.17) is 47.4 Å². The highest BCUT2D eigenvalue weighted by Gasteiger charge is 2.56. The maximum Gasteiger partial charge on any atom is 0.338 e. The van der Waals surface area contributed by atoms with E-state index in [1.807, 2.05) is 0 Å². The van der Waals surface area contributed by atoms with Gasteiger partial charge in [-0.1, -0.05) is 0 Å². The Hall–Kier alpha value is -2.85. The second kappa shape index (κ2) is 13.6. The molecule has 0 amide bonds. The summed E-state index contributed by atoms with van der Waals surface area (Å²) in [5.74, 6) is -3.91. The Kier molecular flexibility index (Phi) is 11.2. The number of esters is 5. The SMILES string of the molecule is COC(=O)C1OC(O[C@@H]2[C@@H](OC)OC[C@@H](OC(C)=O)[C@@H]2OC(C)=O)C(OC(C)=O)C(OC(C)=O)C1OC. The van der Waals surface area contributed by atoms with Crippen molar-refractivity contribution in [2.45, 2.75) is 83.0 Å². The van der Waals surface area contributed by atoms with Crippen LogP contribution in [0.1, 0.15) is 27.7 Å². The molecule has 210 valence electrons. The first-order chi connectivity index (χ1) is 17.4. The lowest BCUT2D eigenvalue weighted by molar-refractivity contribution is -0.353. The van der Waals surface area contributed by atoms with Crippen molar-refractivity contribution >= 4 is 29.8 Å². The molecule has 0 aromatic carbocycles. The normalized spacial score (nSPS) is 33.5. The van der Waals surface area contributed by atoms with Gasteiger partial charge in [-0.3, -0.25) is 19.2 Å². The van der Waals surface area contributed by atoms with Gasteiger partial charge in [0.05, 0.1) is 13.7 Å². The quantitative estimate of drug-likeness (QED) is 0.259. The Balaban J connectivity index is 2.53. The molecule has 37 heavy (non-hydrogen) atoms. The summed E-state index contributed by atoms with van der Waals surface area (Å²) >= 11 is 0. The lowest BCUT2D eigenvalue weighted by Gasteiger charge is -2.46. The van der Waals surface area contributed by atoms with Gasteiger partial charge >= 0.3 is 29.8 Å². The summed E-state index contributed by atoms with van der Waals surface area (Å²) in [5.41, 5.74) is 0. The van der Waals surface area contributed by atoms with Crippen LogP contribution in [0, 0.1) is 0 Å². The summed E-state index contributed by atoms with van der Waals surface area (Å²) in [4.78, 5) is 59.9.